The van der Waals surface area contributed by atoms with E-state index in [0.29, 0.717) is 23.8 Å². The Hall–Kier alpha value is -2.65. The van der Waals surface area contributed by atoms with E-state index in [9.17, 15) is 17.6 Å². The average molecular weight is 522 g/mol. The summed E-state index contributed by atoms with van der Waals surface area (Å²) >= 11 is 12.4. The maximum atomic E-state index is 13.3. The summed E-state index contributed by atoms with van der Waals surface area (Å²) in [6, 6.07) is 15.4. The van der Waals surface area contributed by atoms with Crippen LogP contribution in [0.2, 0.25) is 10.0 Å². The van der Waals surface area contributed by atoms with Gasteiger partial charge in [0.15, 0.2) is 0 Å². The highest BCUT2D eigenvalue weighted by molar-refractivity contribution is 7.89. The predicted octanol–water partition coefficient (Wildman–Crippen LogP) is 5.20. The molecule has 3 aromatic rings. The largest absolute Gasteiger partial charge is 0.369 e. The van der Waals surface area contributed by atoms with Gasteiger partial charge in [-0.15, -0.1) is 0 Å². The van der Waals surface area contributed by atoms with Gasteiger partial charge in [-0.3, -0.25) is 4.79 Å². The summed E-state index contributed by atoms with van der Waals surface area (Å²) in [5, 5.41) is 3.12. The highest BCUT2D eigenvalue weighted by atomic mass is 35.5. The van der Waals surface area contributed by atoms with Crippen LogP contribution in [0.1, 0.15) is 15.9 Å². The molecule has 0 aromatic heterocycles. The standard InChI is InChI=1S/C24H22Cl2FN3O3S/c1-16-2-9-22(21(26)14-16)28-24(31)17-3-8-20(25)23(15-17)34(32,33)30-12-10-29(11-13-30)19-6-4-18(27)5-7-19/h2-9,14-15H,10-13H2,1H3,(H,28,31). The number of nitrogens with zero attached hydrogens (tertiary/aromatic N) is 2. The zero-order valence-corrected chi connectivity index (χ0v) is 20.6. The van der Waals surface area contributed by atoms with Crippen LogP contribution in [0.25, 0.3) is 0 Å². The first kappa shape index (κ1) is 24.5. The Kier molecular flexibility index (Phi) is 7.14. The van der Waals surface area contributed by atoms with Crippen LogP contribution in [-0.4, -0.2) is 44.8 Å². The van der Waals surface area contributed by atoms with Crippen LogP contribution in [0.4, 0.5) is 15.8 Å². The minimum atomic E-state index is -3.94. The fraction of sp³-hybridized carbons (Fsp3) is 0.208. The minimum Gasteiger partial charge on any atom is -0.369 e. The number of hydrogen-bond acceptors (Lipinski definition) is 4. The number of carbonyl (C=O) groups excluding carboxylic acids is 1. The molecule has 1 aliphatic rings. The molecule has 6 nitrogen and oxygen atoms in total. The lowest BCUT2D eigenvalue weighted by Crippen LogP contribution is -2.48. The van der Waals surface area contributed by atoms with Crippen LogP contribution in [0.5, 0.6) is 0 Å². The first-order valence-corrected chi connectivity index (χ1v) is 12.7. The highest BCUT2D eigenvalue weighted by Gasteiger charge is 2.31. The third kappa shape index (κ3) is 5.20. The number of nitrogens with one attached hydrogen (secondary N) is 1. The van der Waals surface area contributed by atoms with Gasteiger partial charge in [0.2, 0.25) is 10.0 Å². The van der Waals surface area contributed by atoms with Crippen LogP contribution in [0.3, 0.4) is 0 Å². The van der Waals surface area contributed by atoms with Crippen molar-refractivity contribution in [2.75, 3.05) is 36.4 Å². The average Bonchev–Trinajstić information content (AvgIpc) is 2.81. The fourth-order valence-electron chi connectivity index (χ4n) is 3.74. The Bertz CT molecular complexity index is 1330. The van der Waals surface area contributed by atoms with Gasteiger partial charge in [-0.2, -0.15) is 4.31 Å². The summed E-state index contributed by atoms with van der Waals surface area (Å²) in [6.45, 7) is 3.22. The first-order chi connectivity index (χ1) is 16.1. The van der Waals surface area contributed by atoms with Gasteiger partial charge in [0.1, 0.15) is 10.7 Å². The predicted molar refractivity (Wildman–Crippen MR) is 133 cm³/mol. The maximum Gasteiger partial charge on any atom is 0.255 e. The normalized spacial score (nSPS) is 14.8. The summed E-state index contributed by atoms with van der Waals surface area (Å²) < 4.78 is 41.2. The second kappa shape index (κ2) is 9.92. The molecule has 1 fully saturated rings. The van der Waals surface area contributed by atoms with E-state index < -0.39 is 15.9 Å². The third-order valence-electron chi connectivity index (χ3n) is 5.61. The highest BCUT2D eigenvalue weighted by Crippen LogP contribution is 2.29. The molecule has 0 spiro atoms. The summed E-state index contributed by atoms with van der Waals surface area (Å²) in [4.78, 5) is 14.6. The first-order valence-electron chi connectivity index (χ1n) is 10.5. The topological polar surface area (TPSA) is 69.7 Å². The molecule has 0 radical (unpaired) electrons. The van der Waals surface area contributed by atoms with E-state index >= 15 is 0 Å². The van der Waals surface area contributed by atoms with Crippen molar-refractivity contribution in [3.8, 4) is 0 Å². The molecule has 0 aliphatic carbocycles. The lowest BCUT2D eigenvalue weighted by Gasteiger charge is -2.35. The van der Waals surface area contributed by atoms with Crippen LogP contribution < -0.4 is 10.2 Å². The second-order valence-corrected chi connectivity index (χ2v) is 10.7. The van der Waals surface area contributed by atoms with Gasteiger partial charge in [-0.05, 0) is 67.1 Å². The molecule has 1 N–H and O–H groups in total. The van der Waals surface area contributed by atoms with Gasteiger partial charge in [0, 0.05) is 37.4 Å². The van der Waals surface area contributed by atoms with Crippen molar-refractivity contribution in [3.05, 3.63) is 87.7 Å². The monoisotopic (exact) mass is 521 g/mol. The van der Waals surface area contributed by atoms with Gasteiger partial charge < -0.3 is 10.2 Å². The Morgan fingerprint density at radius 3 is 2.24 bits per heavy atom. The molecule has 1 heterocycles. The quantitative estimate of drug-likeness (QED) is 0.500. The van der Waals surface area contributed by atoms with Gasteiger partial charge in [0.25, 0.3) is 5.91 Å². The Balaban J connectivity index is 1.51. The van der Waals surface area contributed by atoms with E-state index in [0.717, 1.165) is 11.3 Å². The SMILES string of the molecule is Cc1ccc(NC(=O)c2ccc(Cl)c(S(=O)(=O)N3CCN(c4ccc(F)cc4)CC3)c2)c(Cl)c1. The lowest BCUT2D eigenvalue weighted by molar-refractivity contribution is 0.102. The van der Waals surface area contributed by atoms with Crippen molar-refractivity contribution in [1.82, 2.24) is 4.31 Å². The zero-order chi connectivity index (χ0) is 24.5. The summed E-state index contributed by atoms with van der Waals surface area (Å²) in [5.74, 6) is -0.826. The molecule has 178 valence electrons. The van der Waals surface area contributed by atoms with Gasteiger partial charge >= 0.3 is 0 Å². The number of anilines is 2. The number of hydrogen-bond donors (Lipinski definition) is 1. The number of piperazine rings is 1. The molecule has 4 rings (SSSR count). The van der Waals surface area contributed by atoms with E-state index in [1.165, 1.54) is 34.6 Å². The maximum absolute atomic E-state index is 13.3. The van der Waals surface area contributed by atoms with Crippen LogP contribution >= 0.6 is 23.2 Å². The molecule has 0 unspecified atom stereocenters. The molecule has 0 bridgehead atoms. The second-order valence-electron chi connectivity index (χ2n) is 7.95. The van der Waals surface area contributed by atoms with Crippen LogP contribution in [-0.2, 0) is 10.0 Å². The number of benzene rings is 3. The molecular weight excluding hydrogens is 500 g/mol. The molecule has 1 saturated heterocycles. The van der Waals surface area contributed by atoms with Crippen molar-refractivity contribution < 1.29 is 17.6 Å². The number of amides is 1. The van der Waals surface area contributed by atoms with Gasteiger partial charge in [0.05, 0.1) is 15.7 Å². The molecule has 1 aliphatic heterocycles. The fourth-order valence-corrected chi connectivity index (χ4v) is 5.94. The van der Waals surface area contributed by atoms with E-state index in [1.54, 1.807) is 24.3 Å². The van der Waals surface area contributed by atoms with Gasteiger partial charge in [-0.25, -0.2) is 12.8 Å². The Morgan fingerprint density at radius 2 is 1.59 bits per heavy atom. The summed E-state index contributed by atoms with van der Waals surface area (Å²) in [5.41, 5.74) is 2.34. The number of halogens is 3. The zero-order valence-electron chi connectivity index (χ0n) is 18.3. The van der Waals surface area contributed by atoms with E-state index in [4.69, 9.17) is 23.2 Å². The summed E-state index contributed by atoms with van der Waals surface area (Å²) in [6.07, 6.45) is 0. The Labute approximate surface area is 207 Å². The number of rotatable bonds is 5. The lowest BCUT2D eigenvalue weighted by atomic mass is 10.2. The van der Waals surface area contributed by atoms with E-state index in [2.05, 4.69) is 5.32 Å². The smallest absolute Gasteiger partial charge is 0.255 e. The van der Waals surface area contributed by atoms with Crippen molar-refractivity contribution in [2.45, 2.75) is 11.8 Å². The summed E-state index contributed by atoms with van der Waals surface area (Å²) in [7, 11) is -3.94. The molecule has 34 heavy (non-hydrogen) atoms. The number of aryl methyl sites for hydroxylation is 1. The van der Waals surface area contributed by atoms with Crippen molar-refractivity contribution in [3.63, 3.8) is 0 Å². The molecule has 0 saturated carbocycles. The van der Waals surface area contributed by atoms with Crippen molar-refractivity contribution in [2.24, 2.45) is 0 Å². The van der Waals surface area contributed by atoms with Crippen molar-refractivity contribution >= 4 is 50.5 Å². The van der Waals surface area contributed by atoms with Crippen LogP contribution in [0, 0.1) is 12.7 Å². The number of carbonyl (C=O) groups is 1. The van der Waals surface area contributed by atoms with Crippen molar-refractivity contribution in [1.29, 1.82) is 0 Å². The van der Waals surface area contributed by atoms with E-state index in [-0.39, 0.29) is 34.4 Å². The molecule has 3 aromatic carbocycles. The minimum absolute atomic E-state index is 0.0332. The molecule has 1 amide bonds. The van der Waals surface area contributed by atoms with E-state index in [1.807, 2.05) is 17.9 Å². The molecule has 0 atom stereocenters. The Morgan fingerprint density at radius 1 is 0.912 bits per heavy atom. The molecule has 10 heteroatoms. The third-order valence-corrected chi connectivity index (χ3v) is 8.31. The van der Waals surface area contributed by atoms with Gasteiger partial charge in [-0.1, -0.05) is 29.3 Å². The molecular formula is C24H22Cl2FN3O3S. The van der Waals surface area contributed by atoms with Crippen LogP contribution in [0.15, 0.2) is 65.6 Å². The number of sulfonamides is 1.